The molecule has 0 aliphatic rings. The largest absolute Gasteiger partial charge is 0.459 e. The highest BCUT2D eigenvalue weighted by Crippen LogP contribution is 2.24. The number of thiol groups is 1. The van der Waals surface area contributed by atoms with Crippen LogP contribution in [-0.2, 0) is 26.5 Å². The molecule has 8 nitrogen and oxygen atoms in total. The highest BCUT2D eigenvalue weighted by molar-refractivity contribution is 7.67. The number of esters is 1. The molecule has 0 amide bonds. The molecule has 140 valence electrons. The number of hydrogen-bond acceptors (Lipinski definition) is 8. The number of benzene rings is 1. The number of hydrogen-bond donors (Lipinski definition) is 1. The number of nitrogens with zero attached hydrogens (tertiary/aromatic N) is 1. The predicted molar refractivity (Wildman–Crippen MR) is 91.5 cm³/mol. The molecule has 0 radical (unpaired) electrons. The average Bonchev–Trinajstić information content (AvgIpc) is 2.97. The average molecular weight is 381 g/mol. The molecule has 0 aliphatic heterocycles. The summed E-state index contributed by atoms with van der Waals surface area (Å²) in [5.74, 6) is -0.660. The maximum Gasteiger partial charge on any atom is 0.339 e. The third kappa shape index (κ3) is 4.36. The topological polar surface area (TPSA) is 113 Å². The summed E-state index contributed by atoms with van der Waals surface area (Å²) in [5.41, 5.74) is 1.33. The van der Waals surface area contributed by atoms with Gasteiger partial charge in [-0.1, -0.05) is 17.3 Å². The van der Waals surface area contributed by atoms with Crippen molar-refractivity contribution in [1.82, 2.24) is 5.16 Å². The fraction of sp³-hybridized carbons (Fsp3) is 0.353. The van der Waals surface area contributed by atoms with E-state index in [1.165, 1.54) is 18.3 Å². The minimum atomic E-state index is -3.08. The number of ketones is 1. The first-order valence-electron chi connectivity index (χ1n) is 7.79. The van der Waals surface area contributed by atoms with Gasteiger partial charge in [-0.3, -0.25) is 8.98 Å². The van der Waals surface area contributed by atoms with E-state index in [-0.39, 0.29) is 35.2 Å². The van der Waals surface area contributed by atoms with Crippen LogP contribution in [0.5, 0.6) is 0 Å². The second kappa shape index (κ2) is 8.24. The van der Waals surface area contributed by atoms with Crippen LogP contribution in [-0.4, -0.2) is 31.4 Å². The second-order valence-corrected chi connectivity index (χ2v) is 6.55. The predicted octanol–water partition coefficient (Wildman–Crippen LogP) is 2.13. The van der Waals surface area contributed by atoms with Crippen molar-refractivity contribution in [2.45, 2.75) is 40.4 Å². The molecular formula is C17H19NO7S. The minimum absolute atomic E-state index is 0.107. The standard InChI is InChI=1S/C17H19NO7S/c1-9(2)24-17(20)15-10(3)13(6-5-12(15)8-23-26(21)22)16(19)14-7-18-25-11(14)4/h5-7,9,26H,8H2,1-4H3. The van der Waals surface area contributed by atoms with Gasteiger partial charge in [-0.05, 0) is 38.8 Å². The molecule has 2 aromatic rings. The molecular weight excluding hydrogens is 362 g/mol. The van der Waals surface area contributed by atoms with Gasteiger partial charge in [-0.25, -0.2) is 13.2 Å². The lowest BCUT2D eigenvalue weighted by Crippen LogP contribution is -2.18. The Kier molecular flexibility index (Phi) is 6.27. The molecule has 2 rings (SSSR count). The van der Waals surface area contributed by atoms with Crippen molar-refractivity contribution in [2.24, 2.45) is 0 Å². The Morgan fingerprint density at radius 2 is 1.88 bits per heavy atom. The summed E-state index contributed by atoms with van der Waals surface area (Å²) < 4.78 is 36.2. The summed E-state index contributed by atoms with van der Waals surface area (Å²) in [6.07, 6.45) is 0.925. The minimum Gasteiger partial charge on any atom is -0.459 e. The van der Waals surface area contributed by atoms with Crippen LogP contribution in [0.4, 0.5) is 0 Å². The summed E-state index contributed by atoms with van der Waals surface area (Å²) in [6, 6.07) is 2.98. The van der Waals surface area contributed by atoms with E-state index < -0.39 is 17.0 Å². The SMILES string of the molecule is Cc1oncc1C(=O)c1ccc(CO[SH](=O)=O)c(C(=O)OC(C)C)c1C. The molecule has 0 spiro atoms. The van der Waals surface area contributed by atoms with Gasteiger partial charge in [-0.15, -0.1) is 0 Å². The fourth-order valence-electron chi connectivity index (χ4n) is 2.48. The molecule has 0 bridgehead atoms. The Bertz CT molecular complexity index is 904. The van der Waals surface area contributed by atoms with E-state index in [0.29, 0.717) is 16.9 Å². The van der Waals surface area contributed by atoms with Crippen molar-refractivity contribution in [3.8, 4) is 0 Å². The first-order valence-corrected chi connectivity index (χ1v) is 8.88. The molecule has 0 fully saturated rings. The number of rotatable bonds is 7. The molecule has 9 heteroatoms. The van der Waals surface area contributed by atoms with Crippen LogP contribution in [0.15, 0.2) is 22.9 Å². The van der Waals surface area contributed by atoms with Crippen LogP contribution < -0.4 is 0 Å². The monoisotopic (exact) mass is 381 g/mol. The summed E-state index contributed by atoms with van der Waals surface area (Å²) in [6.45, 7) is 6.24. The summed E-state index contributed by atoms with van der Waals surface area (Å²) in [5, 5.41) is 3.59. The van der Waals surface area contributed by atoms with Gasteiger partial charge >= 0.3 is 5.97 Å². The van der Waals surface area contributed by atoms with Gasteiger partial charge in [0.1, 0.15) is 5.76 Å². The molecule has 0 unspecified atom stereocenters. The van der Waals surface area contributed by atoms with Crippen LogP contribution in [0.1, 0.15) is 57.0 Å². The van der Waals surface area contributed by atoms with Gasteiger partial charge < -0.3 is 9.26 Å². The van der Waals surface area contributed by atoms with Crippen LogP contribution in [0.3, 0.4) is 0 Å². The molecule has 1 aromatic carbocycles. The van der Waals surface area contributed by atoms with E-state index in [9.17, 15) is 18.0 Å². The van der Waals surface area contributed by atoms with Crippen LogP contribution in [0.2, 0.25) is 0 Å². The van der Waals surface area contributed by atoms with E-state index in [2.05, 4.69) is 9.34 Å². The van der Waals surface area contributed by atoms with Crippen molar-refractivity contribution in [2.75, 3.05) is 0 Å². The lowest BCUT2D eigenvalue weighted by atomic mass is 9.92. The zero-order valence-electron chi connectivity index (χ0n) is 14.8. The lowest BCUT2D eigenvalue weighted by Gasteiger charge is -2.16. The maximum absolute atomic E-state index is 12.7. The molecule has 0 saturated carbocycles. The molecule has 1 aromatic heterocycles. The molecule has 1 heterocycles. The van der Waals surface area contributed by atoms with Crippen molar-refractivity contribution < 1.29 is 31.4 Å². The molecule has 0 atom stereocenters. The van der Waals surface area contributed by atoms with Crippen LogP contribution in [0, 0.1) is 13.8 Å². The number of ether oxygens (including phenoxy) is 1. The van der Waals surface area contributed by atoms with E-state index in [1.807, 2.05) is 0 Å². The van der Waals surface area contributed by atoms with Crippen molar-refractivity contribution in [1.29, 1.82) is 0 Å². The van der Waals surface area contributed by atoms with Gasteiger partial charge in [-0.2, -0.15) is 0 Å². The first-order chi connectivity index (χ1) is 12.2. The van der Waals surface area contributed by atoms with E-state index >= 15 is 0 Å². The Hall–Kier alpha value is -2.52. The lowest BCUT2D eigenvalue weighted by molar-refractivity contribution is 0.0374. The van der Waals surface area contributed by atoms with E-state index in [1.54, 1.807) is 27.7 Å². The Labute approximate surface area is 152 Å². The number of carbonyl (C=O) groups excluding carboxylic acids is 2. The highest BCUT2D eigenvalue weighted by atomic mass is 32.2. The van der Waals surface area contributed by atoms with Crippen molar-refractivity contribution in [3.63, 3.8) is 0 Å². The quantitative estimate of drug-likeness (QED) is 0.441. The number of aryl methyl sites for hydroxylation is 1. The van der Waals surface area contributed by atoms with Crippen molar-refractivity contribution in [3.05, 3.63) is 51.9 Å². The first kappa shape index (κ1) is 19.8. The summed E-state index contributed by atoms with van der Waals surface area (Å²) >= 11 is 0. The molecule has 0 saturated heterocycles. The third-order valence-corrected chi connectivity index (χ3v) is 4.00. The molecule has 0 N–H and O–H groups in total. The summed E-state index contributed by atoms with van der Waals surface area (Å²) in [4.78, 5) is 25.2. The van der Waals surface area contributed by atoms with Crippen LogP contribution >= 0.6 is 0 Å². The van der Waals surface area contributed by atoms with Crippen molar-refractivity contribution >= 4 is 22.7 Å². The zero-order chi connectivity index (χ0) is 19.4. The van der Waals surface area contributed by atoms with E-state index in [0.717, 1.165) is 0 Å². The Morgan fingerprint density at radius 3 is 2.42 bits per heavy atom. The smallest absolute Gasteiger partial charge is 0.339 e. The number of carbonyl (C=O) groups is 2. The molecule has 0 aliphatic carbocycles. The van der Waals surface area contributed by atoms with Gasteiger partial charge in [0.15, 0.2) is 5.78 Å². The zero-order valence-corrected chi connectivity index (χ0v) is 15.7. The number of aromatic nitrogens is 1. The van der Waals surface area contributed by atoms with Gasteiger partial charge in [0.25, 0.3) is 11.0 Å². The van der Waals surface area contributed by atoms with E-state index in [4.69, 9.17) is 9.26 Å². The second-order valence-electron chi connectivity index (χ2n) is 5.85. The Balaban J connectivity index is 2.54. The normalized spacial score (nSPS) is 11.2. The highest BCUT2D eigenvalue weighted by Gasteiger charge is 2.24. The van der Waals surface area contributed by atoms with Gasteiger partial charge in [0.05, 0.1) is 30.0 Å². The van der Waals surface area contributed by atoms with Gasteiger partial charge in [0.2, 0.25) is 0 Å². The maximum atomic E-state index is 12.7. The molecule has 26 heavy (non-hydrogen) atoms. The fourth-order valence-corrected chi connectivity index (χ4v) is 2.72. The van der Waals surface area contributed by atoms with Crippen LogP contribution in [0.25, 0.3) is 0 Å². The third-order valence-electron chi connectivity index (χ3n) is 3.66. The summed E-state index contributed by atoms with van der Waals surface area (Å²) in [7, 11) is -3.08. The Morgan fingerprint density at radius 1 is 1.19 bits per heavy atom. The van der Waals surface area contributed by atoms with Gasteiger partial charge in [0, 0.05) is 5.56 Å².